The van der Waals surface area contributed by atoms with Gasteiger partial charge < -0.3 is 14.7 Å². The predicted octanol–water partition coefficient (Wildman–Crippen LogP) is 3.06. The third kappa shape index (κ3) is 4.75. The van der Waals surface area contributed by atoms with Crippen molar-refractivity contribution >= 4 is 5.91 Å². The molecule has 3 heterocycles. The molecule has 2 aromatic rings. The number of aromatic nitrogens is 2. The molecule has 1 amide bonds. The van der Waals surface area contributed by atoms with E-state index in [2.05, 4.69) is 14.7 Å². The summed E-state index contributed by atoms with van der Waals surface area (Å²) >= 11 is 0. The number of hydrogen-bond acceptors (Lipinski definition) is 5. The van der Waals surface area contributed by atoms with Gasteiger partial charge in [0.25, 0.3) is 5.91 Å². The Morgan fingerprint density at radius 2 is 1.88 bits per heavy atom. The van der Waals surface area contributed by atoms with Gasteiger partial charge in [-0.25, -0.2) is 4.68 Å². The largest absolute Gasteiger partial charge is 0.573 e. The summed E-state index contributed by atoms with van der Waals surface area (Å²) in [4.78, 5) is 17.4. The molecular weight excluding hydrogens is 425 g/mol. The van der Waals surface area contributed by atoms with E-state index in [4.69, 9.17) is 0 Å². The molecule has 1 aromatic carbocycles. The second kappa shape index (κ2) is 8.74. The highest BCUT2D eigenvalue weighted by molar-refractivity contribution is 5.96. The van der Waals surface area contributed by atoms with Crippen LogP contribution in [0.15, 0.2) is 24.3 Å². The maximum atomic E-state index is 13.3. The molecule has 1 N–H and O–H groups in total. The van der Waals surface area contributed by atoms with Crippen molar-refractivity contribution in [2.75, 3.05) is 26.2 Å². The van der Waals surface area contributed by atoms with Crippen molar-refractivity contribution in [2.45, 2.75) is 51.6 Å². The van der Waals surface area contributed by atoms with E-state index in [0.29, 0.717) is 48.3 Å². The summed E-state index contributed by atoms with van der Waals surface area (Å²) in [6, 6.07) is 5.91. The number of aliphatic hydroxyl groups is 1. The monoisotopic (exact) mass is 452 g/mol. The van der Waals surface area contributed by atoms with E-state index in [9.17, 15) is 23.1 Å². The Labute approximate surface area is 184 Å². The van der Waals surface area contributed by atoms with Crippen molar-refractivity contribution in [2.24, 2.45) is 0 Å². The fourth-order valence-corrected chi connectivity index (χ4v) is 4.71. The minimum absolute atomic E-state index is 0.117. The molecule has 32 heavy (non-hydrogen) atoms. The van der Waals surface area contributed by atoms with E-state index in [1.54, 1.807) is 19.9 Å². The number of carbonyl (C=O) groups is 1. The Bertz CT molecular complexity index is 983. The SMILES string of the molecule is Cc1nn(-c2cccc(OC(F)(F)F)c2)c(C)c1C(=O)N1CCC(N2CC[C@H](O)C2)CC1. The van der Waals surface area contributed by atoms with Gasteiger partial charge in [-0.15, -0.1) is 13.2 Å². The van der Waals surface area contributed by atoms with Crippen molar-refractivity contribution in [1.29, 1.82) is 0 Å². The predicted molar refractivity (Wildman–Crippen MR) is 111 cm³/mol. The molecule has 0 aliphatic carbocycles. The minimum Gasteiger partial charge on any atom is -0.406 e. The number of halogens is 3. The molecule has 2 fully saturated rings. The van der Waals surface area contributed by atoms with Crippen LogP contribution >= 0.6 is 0 Å². The summed E-state index contributed by atoms with van der Waals surface area (Å²) in [5, 5.41) is 14.2. The first-order valence-electron chi connectivity index (χ1n) is 10.8. The lowest BCUT2D eigenvalue weighted by Crippen LogP contribution is -2.46. The van der Waals surface area contributed by atoms with Crippen LogP contribution in [-0.4, -0.2) is 75.3 Å². The summed E-state index contributed by atoms with van der Waals surface area (Å²) in [6.07, 6.45) is -2.55. The average molecular weight is 452 g/mol. The van der Waals surface area contributed by atoms with Gasteiger partial charge in [-0.1, -0.05) is 6.07 Å². The quantitative estimate of drug-likeness (QED) is 0.772. The maximum absolute atomic E-state index is 13.3. The maximum Gasteiger partial charge on any atom is 0.573 e. The minimum atomic E-state index is -4.78. The van der Waals surface area contributed by atoms with Crippen molar-refractivity contribution in [3.05, 3.63) is 41.2 Å². The Morgan fingerprint density at radius 3 is 2.50 bits per heavy atom. The molecule has 10 heteroatoms. The van der Waals surface area contributed by atoms with Crippen LogP contribution in [0.1, 0.15) is 41.0 Å². The first kappa shape index (κ1) is 22.6. The number of ether oxygens (including phenoxy) is 1. The van der Waals surface area contributed by atoms with E-state index in [0.717, 1.165) is 25.8 Å². The fourth-order valence-electron chi connectivity index (χ4n) is 4.71. The van der Waals surface area contributed by atoms with Gasteiger partial charge in [-0.05, 0) is 45.2 Å². The molecule has 1 atom stereocenters. The topological polar surface area (TPSA) is 70.8 Å². The summed E-state index contributed by atoms with van der Waals surface area (Å²) in [5.41, 5.74) is 1.96. The average Bonchev–Trinajstić information content (AvgIpc) is 3.29. The molecule has 0 unspecified atom stereocenters. The highest BCUT2D eigenvalue weighted by atomic mass is 19.4. The third-order valence-electron chi connectivity index (χ3n) is 6.26. The number of nitrogens with zero attached hydrogens (tertiary/aromatic N) is 4. The first-order chi connectivity index (χ1) is 15.1. The molecule has 2 aliphatic rings. The van der Waals surface area contributed by atoms with Crippen LogP contribution < -0.4 is 4.74 Å². The number of rotatable bonds is 4. The number of amides is 1. The van der Waals surface area contributed by atoms with Gasteiger partial charge >= 0.3 is 6.36 Å². The van der Waals surface area contributed by atoms with Crippen LogP contribution in [0.2, 0.25) is 0 Å². The Hall–Kier alpha value is -2.59. The van der Waals surface area contributed by atoms with Gasteiger partial charge in [0.2, 0.25) is 0 Å². The zero-order valence-corrected chi connectivity index (χ0v) is 18.1. The molecular formula is C22H27F3N4O3. The Balaban J connectivity index is 1.49. The lowest BCUT2D eigenvalue weighted by molar-refractivity contribution is -0.274. The lowest BCUT2D eigenvalue weighted by Gasteiger charge is -2.36. The summed E-state index contributed by atoms with van der Waals surface area (Å²) in [5.74, 6) is -0.460. The zero-order chi connectivity index (χ0) is 23.0. The Kier molecular flexibility index (Phi) is 6.17. The highest BCUT2D eigenvalue weighted by Gasteiger charge is 2.33. The first-order valence-corrected chi connectivity index (χ1v) is 10.8. The third-order valence-corrected chi connectivity index (χ3v) is 6.26. The second-order valence-corrected chi connectivity index (χ2v) is 8.46. The van der Waals surface area contributed by atoms with E-state index in [-0.39, 0.29) is 17.8 Å². The van der Waals surface area contributed by atoms with Crippen molar-refractivity contribution in [1.82, 2.24) is 19.6 Å². The molecule has 7 nitrogen and oxygen atoms in total. The van der Waals surface area contributed by atoms with Crippen molar-refractivity contribution < 1.29 is 27.8 Å². The molecule has 2 aliphatic heterocycles. The number of likely N-dealkylation sites (tertiary alicyclic amines) is 2. The second-order valence-electron chi connectivity index (χ2n) is 8.46. The van der Waals surface area contributed by atoms with E-state index in [1.165, 1.54) is 22.9 Å². The molecule has 0 spiro atoms. The molecule has 1 aromatic heterocycles. The standard InChI is InChI=1S/C22H27F3N4O3/c1-14-20(21(31)27-9-6-16(7-10-27)28-11-8-18(30)13-28)15(2)29(26-14)17-4-3-5-19(12-17)32-22(23,24)25/h3-5,12,16,18,30H,6-11,13H2,1-2H3/t18-/m0/s1. The number of aryl methyl sites for hydroxylation is 1. The summed E-state index contributed by atoms with van der Waals surface area (Å²) in [6.45, 7) is 6.29. The normalized spacial score (nSPS) is 20.7. The van der Waals surface area contributed by atoms with Crippen LogP contribution in [0, 0.1) is 13.8 Å². The summed E-state index contributed by atoms with van der Waals surface area (Å²) in [7, 11) is 0. The number of β-amino-alcohol motifs (C(OH)–C–C–N with tert-alkyl or cyclic N) is 1. The lowest BCUT2D eigenvalue weighted by atomic mass is 10.0. The number of aliphatic hydroxyl groups excluding tert-OH is 1. The highest BCUT2D eigenvalue weighted by Crippen LogP contribution is 2.28. The smallest absolute Gasteiger partial charge is 0.406 e. The fraction of sp³-hybridized carbons (Fsp3) is 0.545. The van der Waals surface area contributed by atoms with Gasteiger partial charge in [0.05, 0.1) is 28.7 Å². The number of piperidine rings is 1. The van der Waals surface area contributed by atoms with Crippen LogP contribution in [-0.2, 0) is 0 Å². The van der Waals surface area contributed by atoms with Crippen molar-refractivity contribution in [3.8, 4) is 11.4 Å². The molecule has 0 saturated carbocycles. The molecule has 174 valence electrons. The molecule has 0 bridgehead atoms. The van der Waals surface area contributed by atoms with Crippen LogP contribution in [0.5, 0.6) is 5.75 Å². The molecule has 2 saturated heterocycles. The number of benzene rings is 1. The van der Waals surface area contributed by atoms with Crippen LogP contribution in [0.4, 0.5) is 13.2 Å². The van der Waals surface area contributed by atoms with Crippen LogP contribution in [0.25, 0.3) is 5.69 Å². The van der Waals surface area contributed by atoms with Gasteiger partial charge in [0, 0.05) is 38.3 Å². The molecule has 0 radical (unpaired) electrons. The van der Waals surface area contributed by atoms with Gasteiger partial charge in [-0.2, -0.15) is 5.10 Å². The zero-order valence-electron chi connectivity index (χ0n) is 18.1. The van der Waals surface area contributed by atoms with E-state index >= 15 is 0 Å². The van der Waals surface area contributed by atoms with E-state index in [1.807, 2.05) is 4.90 Å². The van der Waals surface area contributed by atoms with Crippen molar-refractivity contribution in [3.63, 3.8) is 0 Å². The Morgan fingerprint density at radius 1 is 1.16 bits per heavy atom. The van der Waals surface area contributed by atoms with E-state index < -0.39 is 6.36 Å². The van der Waals surface area contributed by atoms with Gasteiger partial charge in [0.1, 0.15) is 5.75 Å². The van der Waals surface area contributed by atoms with Gasteiger partial charge in [-0.3, -0.25) is 9.69 Å². The number of alkyl halides is 3. The summed E-state index contributed by atoms with van der Waals surface area (Å²) < 4.78 is 43.2. The molecule has 4 rings (SSSR count). The number of carbonyl (C=O) groups excluding carboxylic acids is 1. The van der Waals surface area contributed by atoms with Crippen LogP contribution in [0.3, 0.4) is 0 Å². The van der Waals surface area contributed by atoms with Gasteiger partial charge in [0.15, 0.2) is 0 Å². The number of hydrogen-bond donors (Lipinski definition) is 1.